The van der Waals surface area contributed by atoms with Crippen LogP contribution in [0, 0.1) is 13.8 Å². The first-order valence-electron chi connectivity index (χ1n) is 8.94. The van der Waals surface area contributed by atoms with Gasteiger partial charge in [0, 0.05) is 21.3 Å². The van der Waals surface area contributed by atoms with Crippen LogP contribution in [0.15, 0.2) is 60.0 Å². The summed E-state index contributed by atoms with van der Waals surface area (Å²) in [6.45, 7) is 3.92. The third-order valence-electron chi connectivity index (χ3n) is 5.15. The van der Waals surface area contributed by atoms with Crippen LogP contribution in [0.5, 0.6) is 0 Å². The molecule has 0 unspecified atom stereocenters. The Balaban J connectivity index is 1.79. The van der Waals surface area contributed by atoms with Crippen LogP contribution in [-0.4, -0.2) is 11.8 Å². The van der Waals surface area contributed by atoms with Gasteiger partial charge < -0.3 is 5.32 Å². The summed E-state index contributed by atoms with van der Waals surface area (Å²) in [7, 11) is 0. The summed E-state index contributed by atoms with van der Waals surface area (Å²) in [5.74, 6) is -0.297. The van der Waals surface area contributed by atoms with Gasteiger partial charge in [-0.25, -0.2) is 0 Å². The van der Waals surface area contributed by atoms with E-state index in [4.69, 9.17) is 11.6 Å². The summed E-state index contributed by atoms with van der Waals surface area (Å²) < 4.78 is 0. The summed E-state index contributed by atoms with van der Waals surface area (Å²) in [6, 6.07) is 16.7. The van der Waals surface area contributed by atoms with Crippen molar-refractivity contribution in [2.24, 2.45) is 0 Å². The maximum Gasteiger partial charge on any atom is 0.256 e. The van der Waals surface area contributed by atoms with Crippen molar-refractivity contribution in [3.63, 3.8) is 0 Å². The van der Waals surface area contributed by atoms with E-state index in [9.17, 15) is 9.59 Å². The lowest BCUT2D eigenvalue weighted by Crippen LogP contribution is -2.67. The molecule has 3 aromatic rings. The minimum Gasteiger partial charge on any atom is -0.323 e. The molecule has 142 valence electrons. The molecule has 2 amide bonds. The topological polar surface area (TPSA) is 49.4 Å². The standard InChI is InChI=1S/C22H19ClN2O2S/c1-14-5-3-6-15(2)20(14)24-21(27)22(18-7-4-12-28-18)13-19(26)25(22)17-10-8-16(23)9-11-17/h3-12H,13H2,1-2H3,(H,24,27)/t22-/m1/s1. The van der Waals surface area contributed by atoms with Gasteiger partial charge in [-0.05, 0) is 60.7 Å². The number of aryl methyl sites for hydroxylation is 2. The number of para-hydroxylation sites is 1. The van der Waals surface area contributed by atoms with Crippen LogP contribution in [0.3, 0.4) is 0 Å². The van der Waals surface area contributed by atoms with E-state index < -0.39 is 5.54 Å². The van der Waals surface area contributed by atoms with Crippen molar-refractivity contribution >= 4 is 46.1 Å². The second-order valence-corrected chi connectivity index (χ2v) is 8.32. The molecule has 1 atom stereocenters. The number of halogens is 1. The Labute approximate surface area is 172 Å². The lowest BCUT2D eigenvalue weighted by atomic mass is 9.80. The Kier molecular flexibility index (Phi) is 4.73. The third-order valence-corrected chi connectivity index (χ3v) is 6.42. The van der Waals surface area contributed by atoms with Crippen LogP contribution in [0.1, 0.15) is 22.4 Å². The number of carbonyl (C=O) groups is 2. The summed E-state index contributed by atoms with van der Waals surface area (Å²) in [5, 5.41) is 5.59. The number of β-lactam (4-membered cyclic amide) rings is 1. The highest BCUT2D eigenvalue weighted by molar-refractivity contribution is 7.10. The maximum absolute atomic E-state index is 13.6. The van der Waals surface area contributed by atoms with Crippen LogP contribution < -0.4 is 10.2 Å². The van der Waals surface area contributed by atoms with Crippen LogP contribution in [0.2, 0.25) is 5.02 Å². The minimum absolute atomic E-state index is 0.0904. The summed E-state index contributed by atoms with van der Waals surface area (Å²) in [6.07, 6.45) is 0.132. The van der Waals surface area contributed by atoms with E-state index in [1.54, 1.807) is 29.2 Å². The van der Waals surface area contributed by atoms with Gasteiger partial charge in [0.2, 0.25) is 5.91 Å². The number of anilines is 2. The van der Waals surface area contributed by atoms with Gasteiger partial charge in [0.25, 0.3) is 5.91 Å². The second-order valence-electron chi connectivity index (χ2n) is 6.94. The number of nitrogens with one attached hydrogen (secondary N) is 1. The summed E-state index contributed by atoms with van der Waals surface area (Å²) >= 11 is 7.48. The SMILES string of the molecule is Cc1cccc(C)c1NC(=O)[C@]1(c2cccs2)CC(=O)N1c1ccc(Cl)cc1. The largest absolute Gasteiger partial charge is 0.323 e. The molecule has 0 saturated carbocycles. The fourth-order valence-corrected chi connectivity index (χ4v) is 4.72. The van der Waals surface area contributed by atoms with Gasteiger partial charge in [-0.2, -0.15) is 0 Å². The molecule has 1 aromatic heterocycles. The minimum atomic E-state index is -1.06. The lowest BCUT2D eigenvalue weighted by molar-refractivity contribution is -0.137. The summed E-state index contributed by atoms with van der Waals surface area (Å²) in [5.41, 5.74) is 2.36. The molecule has 28 heavy (non-hydrogen) atoms. The van der Waals surface area contributed by atoms with E-state index in [0.717, 1.165) is 21.7 Å². The third kappa shape index (κ3) is 2.91. The number of benzene rings is 2. The van der Waals surface area contributed by atoms with Gasteiger partial charge in [-0.1, -0.05) is 35.9 Å². The molecule has 2 aromatic carbocycles. The Morgan fingerprint density at radius 3 is 2.32 bits per heavy atom. The molecule has 1 aliphatic heterocycles. The van der Waals surface area contributed by atoms with Gasteiger partial charge in [-0.15, -0.1) is 11.3 Å². The average Bonchev–Trinajstić information content (AvgIpc) is 3.19. The number of thiophene rings is 1. The Morgan fingerprint density at radius 2 is 1.75 bits per heavy atom. The zero-order chi connectivity index (χ0) is 19.9. The first kappa shape index (κ1) is 18.7. The fraction of sp³-hybridized carbons (Fsp3) is 0.182. The number of carbonyl (C=O) groups excluding carboxylic acids is 2. The number of rotatable bonds is 4. The highest BCUT2D eigenvalue weighted by Gasteiger charge is 2.59. The molecule has 1 saturated heterocycles. The second kappa shape index (κ2) is 7.08. The van der Waals surface area contributed by atoms with Crippen molar-refractivity contribution in [3.05, 3.63) is 81.0 Å². The van der Waals surface area contributed by atoms with Crippen LogP contribution in [0.4, 0.5) is 11.4 Å². The Hall–Kier alpha value is -2.63. The van der Waals surface area contributed by atoms with E-state index in [1.165, 1.54) is 11.3 Å². The first-order valence-corrected chi connectivity index (χ1v) is 10.2. The van der Waals surface area contributed by atoms with Crippen molar-refractivity contribution in [2.75, 3.05) is 10.2 Å². The van der Waals surface area contributed by atoms with E-state index in [1.807, 2.05) is 49.6 Å². The van der Waals surface area contributed by atoms with Crippen molar-refractivity contribution in [3.8, 4) is 0 Å². The predicted molar refractivity (Wildman–Crippen MR) is 114 cm³/mol. The molecule has 2 heterocycles. The van der Waals surface area contributed by atoms with Crippen LogP contribution >= 0.6 is 22.9 Å². The van der Waals surface area contributed by atoms with E-state index in [0.29, 0.717) is 10.7 Å². The maximum atomic E-state index is 13.6. The number of nitrogens with zero attached hydrogens (tertiary/aromatic N) is 1. The normalized spacial score (nSPS) is 18.7. The fourth-order valence-electron chi connectivity index (χ4n) is 3.69. The van der Waals surface area contributed by atoms with Crippen LogP contribution in [0.25, 0.3) is 0 Å². The van der Waals surface area contributed by atoms with E-state index in [2.05, 4.69) is 5.32 Å². The molecule has 0 bridgehead atoms. The van der Waals surface area contributed by atoms with Gasteiger partial charge in [0.1, 0.15) is 0 Å². The van der Waals surface area contributed by atoms with Gasteiger partial charge >= 0.3 is 0 Å². The van der Waals surface area contributed by atoms with Crippen molar-refractivity contribution in [1.82, 2.24) is 0 Å². The monoisotopic (exact) mass is 410 g/mol. The molecule has 1 fully saturated rings. The van der Waals surface area contributed by atoms with E-state index in [-0.39, 0.29) is 18.2 Å². The van der Waals surface area contributed by atoms with Crippen LogP contribution in [-0.2, 0) is 15.1 Å². The van der Waals surface area contributed by atoms with E-state index >= 15 is 0 Å². The van der Waals surface area contributed by atoms with Gasteiger partial charge in [-0.3, -0.25) is 14.5 Å². The smallest absolute Gasteiger partial charge is 0.256 e. The van der Waals surface area contributed by atoms with Crippen molar-refractivity contribution in [1.29, 1.82) is 0 Å². The molecule has 0 radical (unpaired) electrons. The molecule has 1 aliphatic rings. The van der Waals surface area contributed by atoms with Crippen molar-refractivity contribution in [2.45, 2.75) is 25.8 Å². The zero-order valence-electron chi connectivity index (χ0n) is 15.5. The molecule has 4 rings (SSSR count). The number of hydrogen-bond acceptors (Lipinski definition) is 3. The Morgan fingerprint density at radius 1 is 1.07 bits per heavy atom. The van der Waals surface area contributed by atoms with Gasteiger partial charge in [0.15, 0.2) is 5.54 Å². The molecule has 4 nitrogen and oxygen atoms in total. The summed E-state index contributed by atoms with van der Waals surface area (Å²) in [4.78, 5) is 28.6. The lowest BCUT2D eigenvalue weighted by Gasteiger charge is -2.50. The van der Waals surface area contributed by atoms with Gasteiger partial charge in [0.05, 0.1) is 6.42 Å². The Bertz CT molecular complexity index is 1030. The highest BCUT2D eigenvalue weighted by atomic mass is 35.5. The van der Waals surface area contributed by atoms with Crippen molar-refractivity contribution < 1.29 is 9.59 Å². The molecule has 0 aliphatic carbocycles. The predicted octanol–water partition coefficient (Wildman–Crippen LogP) is 5.29. The molecule has 0 spiro atoms. The zero-order valence-corrected chi connectivity index (χ0v) is 17.1. The average molecular weight is 411 g/mol. The molecular formula is C22H19ClN2O2S. The molecular weight excluding hydrogens is 392 g/mol. The first-order chi connectivity index (χ1) is 13.4. The highest BCUT2D eigenvalue weighted by Crippen LogP contribution is 2.47. The number of hydrogen-bond donors (Lipinski definition) is 1. The molecule has 1 N–H and O–H groups in total. The number of amides is 2. The quantitative estimate of drug-likeness (QED) is 0.594. The molecule has 6 heteroatoms.